The van der Waals surface area contributed by atoms with Crippen LogP contribution in [-0.4, -0.2) is 36.1 Å². The average Bonchev–Trinajstić information content (AvgIpc) is 2.87. The average molecular weight is 595 g/mol. The fourth-order valence-electron chi connectivity index (χ4n) is 5.26. The Bertz CT molecular complexity index is 887. The molecule has 38 heavy (non-hydrogen) atoms. The molecule has 6 atom stereocenters. The zero-order valence-electron chi connectivity index (χ0n) is 24.1. The minimum Gasteiger partial charge on any atom is -0.460 e. The highest BCUT2D eigenvalue weighted by Crippen LogP contribution is 2.30. The smallest absolute Gasteiger partial charge is 0.338 e. The normalized spacial score (nSPS) is 27.6. The van der Waals surface area contributed by atoms with Crippen LogP contribution in [-0.2, 0) is 19.1 Å². The van der Waals surface area contributed by atoms with E-state index in [4.69, 9.17) is 9.47 Å². The zero-order valence-corrected chi connectivity index (χ0v) is 25.7. The predicted molar refractivity (Wildman–Crippen MR) is 155 cm³/mol. The number of carbonyl (C=O) groups is 3. The second-order valence-electron chi connectivity index (χ2n) is 11.5. The Balaban J connectivity index is 2.26. The third-order valence-corrected chi connectivity index (χ3v) is 8.39. The molecule has 214 valence electrons. The highest BCUT2D eigenvalue weighted by molar-refractivity contribution is 9.10. The highest BCUT2D eigenvalue weighted by atomic mass is 79.9. The summed E-state index contributed by atoms with van der Waals surface area (Å²) >= 11 is 3.42. The molecule has 0 spiro atoms. The molecule has 0 aliphatic carbocycles. The van der Waals surface area contributed by atoms with Crippen molar-refractivity contribution in [2.45, 2.75) is 118 Å². The summed E-state index contributed by atoms with van der Waals surface area (Å²) in [5, 5.41) is 2.94. The van der Waals surface area contributed by atoms with Crippen LogP contribution in [0.4, 0.5) is 0 Å². The van der Waals surface area contributed by atoms with Crippen LogP contribution in [0.2, 0.25) is 0 Å². The van der Waals surface area contributed by atoms with E-state index in [2.05, 4.69) is 48.9 Å². The number of nitrogens with one attached hydrogen (secondary N) is 1. The zero-order chi connectivity index (χ0) is 28.2. The standard InChI is InChI=1S/C31H48BrNO5/c1-7-21(4)29-23(6)19-22(5)26(37-30(35)24-15-17-25(32)18-16-24)13-11-9-8-10-12-14-27(34)33-28(20(2)3)31(36)38-29/h15-18,20-23,26,28-29H,7-14,19H2,1-6H3,(H,33,34)/t21-,22-,23-,26-,28-,29+/m0/s1. The molecule has 1 N–H and O–H groups in total. The molecule has 1 amide bonds. The van der Waals surface area contributed by atoms with E-state index < -0.39 is 6.04 Å². The SMILES string of the molecule is CC[C@H](C)[C@H]1OC(=O)[C@H](C(C)C)NC(=O)CCCCCCC[C@H](OC(=O)c2ccc(Br)cc2)[C@@H](C)C[C@@H]1C. The highest BCUT2D eigenvalue weighted by Gasteiger charge is 2.34. The van der Waals surface area contributed by atoms with Gasteiger partial charge in [-0.25, -0.2) is 9.59 Å². The van der Waals surface area contributed by atoms with Crippen LogP contribution in [0.25, 0.3) is 0 Å². The summed E-state index contributed by atoms with van der Waals surface area (Å²) in [5.41, 5.74) is 0.542. The van der Waals surface area contributed by atoms with Crippen molar-refractivity contribution in [2.24, 2.45) is 23.7 Å². The lowest BCUT2D eigenvalue weighted by molar-refractivity contribution is -0.160. The molecule has 1 aromatic carbocycles. The number of halogens is 1. The maximum absolute atomic E-state index is 13.3. The van der Waals surface area contributed by atoms with Crippen molar-refractivity contribution in [1.82, 2.24) is 5.32 Å². The van der Waals surface area contributed by atoms with Crippen LogP contribution in [0, 0.1) is 23.7 Å². The molecule has 0 aromatic heterocycles. The number of hydrogen-bond donors (Lipinski definition) is 1. The van der Waals surface area contributed by atoms with Gasteiger partial charge in [0.25, 0.3) is 0 Å². The number of hydrogen-bond acceptors (Lipinski definition) is 5. The van der Waals surface area contributed by atoms with Gasteiger partial charge in [0.2, 0.25) is 5.91 Å². The van der Waals surface area contributed by atoms with Crippen molar-refractivity contribution in [3.05, 3.63) is 34.3 Å². The molecule has 1 fully saturated rings. The molecule has 1 heterocycles. The van der Waals surface area contributed by atoms with E-state index >= 15 is 0 Å². The fourth-order valence-corrected chi connectivity index (χ4v) is 5.53. The van der Waals surface area contributed by atoms with Crippen LogP contribution in [0.3, 0.4) is 0 Å². The Morgan fingerprint density at radius 1 is 1.03 bits per heavy atom. The van der Waals surface area contributed by atoms with Gasteiger partial charge < -0.3 is 14.8 Å². The molecule has 0 unspecified atom stereocenters. The van der Waals surface area contributed by atoms with Crippen LogP contribution >= 0.6 is 15.9 Å². The predicted octanol–water partition coefficient (Wildman–Crippen LogP) is 7.48. The number of amides is 1. The van der Waals surface area contributed by atoms with Crippen LogP contribution < -0.4 is 5.32 Å². The Morgan fingerprint density at radius 3 is 2.29 bits per heavy atom. The van der Waals surface area contributed by atoms with Crippen molar-refractivity contribution in [1.29, 1.82) is 0 Å². The van der Waals surface area contributed by atoms with Crippen LogP contribution in [0.15, 0.2) is 28.7 Å². The molecule has 1 aliphatic heterocycles. The summed E-state index contributed by atoms with van der Waals surface area (Å²) in [7, 11) is 0. The first-order chi connectivity index (χ1) is 18.0. The summed E-state index contributed by atoms with van der Waals surface area (Å²) in [6.45, 7) is 12.3. The van der Waals surface area contributed by atoms with E-state index in [1.165, 1.54) is 0 Å². The summed E-state index contributed by atoms with van der Waals surface area (Å²) in [6, 6.07) is 6.58. The Labute approximate surface area is 238 Å². The van der Waals surface area contributed by atoms with E-state index in [1.807, 2.05) is 26.0 Å². The number of carbonyl (C=O) groups excluding carboxylic acids is 3. The van der Waals surface area contributed by atoms with Gasteiger partial charge in [-0.2, -0.15) is 0 Å². The lowest BCUT2D eigenvalue weighted by Gasteiger charge is -2.34. The van der Waals surface area contributed by atoms with Gasteiger partial charge in [-0.15, -0.1) is 0 Å². The third-order valence-electron chi connectivity index (χ3n) is 7.86. The maximum Gasteiger partial charge on any atom is 0.338 e. The molecular weight excluding hydrogens is 546 g/mol. The van der Waals surface area contributed by atoms with E-state index in [0.717, 1.165) is 55.8 Å². The van der Waals surface area contributed by atoms with Gasteiger partial charge in [-0.3, -0.25) is 4.79 Å². The van der Waals surface area contributed by atoms with Crippen molar-refractivity contribution in [3.8, 4) is 0 Å². The Kier molecular flexibility index (Phi) is 13.8. The molecule has 0 saturated carbocycles. The lowest BCUT2D eigenvalue weighted by Crippen LogP contribution is -2.47. The quantitative estimate of drug-likeness (QED) is 0.358. The Hall–Kier alpha value is -1.89. The first kappa shape index (κ1) is 32.3. The summed E-state index contributed by atoms with van der Waals surface area (Å²) in [6.07, 6.45) is 7.09. The second-order valence-corrected chi connectivity index (χ2v) is 12.4. The van der Waals surface area contributed by atoms with E-state index in [9.17, 15) is 14.4 Å². The van der Waals surface area contributed by atoms with Gasteiger partial charge in [0.05, 0.1) is 5.56 Å². The summed E-state index contributed by atoms with van der Waals surface area (Å²) in [4.78, 5) is 38.9. The number of cyclic esters (lactones) is 1. The molecule has 2 rings (SSSR count). The Morgan fingerprint density at radius 2 is 1.66 bits per heavy atom. The summed E-state index contributed by atoms with van der Waals surface area (Å²) < 4.78 is 13.1. The molecular formula is C31H48BrNO5. The van der Waals surface area contributed by atoms with Crippen molar-refractivity contribution < 1.29 is 23.9 Å². The first-order valence-electron chi connectivity index (χ1n) is 14.5. The van der Waals surface area contributed by atoms with E-state index in [-0.39, 0.29) is 53.7 Å². The van der Waals surface area contributed by atoms with Gasteiger partial charge >= 0.3 is 11.9 Å². The van der Waals surface area contributed by atoms with Gasteiger partial charge in [0.1, 0.15) is 18.2 Å². The number of benzene rings is 1. The van der Waals surface area contributed by atoms with Gasteiger partial charge in [0.15, 0.2) is 0 Å². The van der Waals surface area contributed by atoms with Crippen LogP contribution in [0.5, 0.6) is 0 Å². The number of ether oxygens (including phenoxy) is 2. The lowest BCUT2D eigenvalue weighted by atomic mass is 9.82. The van der Waals surface area contributed by atoms with Gasteiger partial charge in [-0.1, -0.05) is 83.2 Å². The molecule has 1 saturated heterocycles. The fraction of sp³-hybridized carbons (Fsp3) is 0.710. The molecule has 0 radical (unpaired) electrons. The largest absolute Gasteiger partial charge is 0.460 e. The maximum atomic E-state index is 13.3. The van der Waals surface area contributed by atoms with Gasteiger partial charge in [0, 0.05) is 10.9 Å². The minimum atomic E-state index is -0.658. The van der Waals surface area contributed by atoms with Crippen molar-refractivity contribution in [3.63, 3.8) is 0 Å². The number of esters is 2. The van der Waals surface area contributed by atoms with Gasteiger partial charge in [-0.05, 0) is 73.6 Å². The van der Waals surface area contributed by atoms with Crippen molar-refractivity contribution in [2.75, 3.05) is 0 Å². The molecule has 6 nitrogen and oxygen atoms in total. The van der Waals surface area contributed by atoms with E-state index in [1.54, 1.807) is 12.1 Å². The molecule has 0 bridgehead atoms. The van der Waals surface area contributed by atoms with Crippen molar-refractivity contribution >= 4 is 33.8 Å². The first-order valence-corrected chi connectivity index (χ1v) is 15.3. The molecule has 1 aromatic rings. The third kappa shape index (κ3) is 10.3. The monoisotopic (exact) mass is 593 g/mol. The minimum absolute atomic E-state index is 0.0666. The second kappa shape index (κ2) is 16.3. The van der Waals surface area contributed by atoms with Crippen LogP contribution in [0.1, 0.15) is 110 Å². The summed E-state index contributed by atoms with van der Waals surface area (Å²) in [5.74, 6) is -0.490. The molecule has 7 heteroatoms. The number of rotatable bonds is 5. The molecule has 1 aliphatic rings. The topological polar surface area (TPSA) is 81.7 Å². The van der Waals surface area contributed by atoms with E-state index in [0.29, 0.717) is 12.0 Å².